The van der Waals surface area contributed by atoms with E-state index in [2.05, 4.69) is 4.98 Å². The van der Waals surface area contributed by atoms with Gasteiger partial charge in [0.2, 0.25) is 0 Å². The van der Waals surface area contributed by atoms with Crippen molar-refractivity contribution in [2.75, 3.05) is 0 Å². The summed E-state index contributed by atoms with van der Waals surface area (Å²) in [6, 6.07) is 2.17. The molecule has 0 aliphatic rings. The summed E-state index contributed by atoms with van der Waals surface area (Å²) in [4.78, 5) is 15.8. The molecule has 0 aliphatic carbocycles. The normalized spacial score (nSPS) is 13.7. The van der Waals surface area contributed by atoms with Crippen LogP contribution in [0.1, 0.15) is 37.1 Å². The van der Waals surface area contributed by atoms with E-state index in [4.69, 9.17) is 5.73 Å². The number of nitrogens with two attached hydrogens (primary N) is 1. The Morgan fingerprint density at radius 2 is 1.96 bits per heavy atom. The number of imidazole rings is 1. The Labute approximate surface area is 148 Å². The molecule has 142 valence electrons. The number of nitrogens with one attached hydrogen (secondary N) is 1. The van der Waals surface area contributed by atoms with Gasteiger partial charge in [0.15, 0.2) is 5.03 Å². The van der Waals surface area contributed by atoms with Gasteiger partial charge in [-0.05, 0) is 31.5 Å². The zero-order valence-electron chi connectivity index (χ0n) is 13.9. The van der Waals surface area contributed by atoms with Gasteiger partial charge < -0.3 is 10.3 Å². The number of hydrogen-bond acceptors (Lipinski definition) is 5. The van der Waals surface area contributed by atoms with Gasteiger partial charge in [-0.15, -0.1) is 0 Å². The van der Waals surface area contributed by atoms with Crippen molar-refractivity contribution in [2.24, 2.45) is 5.73 Å². The lowest BCUT2D eigenvalue weighted by molar-refractivity contribution is -0.137. The van der Waals surface area contributed by atoms with E-state index in [9.17, 15) is 26.4 Å². The van der Waals surface area contributed by atoms with Gasteiger partial charge in [-0.1, -0.05) is 12.1 Å². The molecule has 11 heteroatoms. The molecule has 1 atom stereocenters. The van der Waals surface area contributed by atoms with Crippen molar-refractivity contribution in [1.82, 2.24) is 14.3 Å². The van der Waals surface area contributed by atoms with E-state index < -0.39 is 38.7 Å². The fourth-order valence-electron chi connectivity index (χ4n) is 2.05. The van der Waals surface area contributed by atoms with Gasteiger partial charge in [0.25, 0.3) is 15.9 Å². The third-order valence-electron chi connectivity index (χ3n) is 3.54. The zero-order chi connectivity index (χ0) is 19.7. The minimum absolute atomic E-state index is 0.0467. The molecule has 0 fully saturated rings. The predicted octanol–water partition coefficient (Wildman–Crippen LogP) is 1.99. The maximum atomic E-state index is 12.7. The molecular formula is C15H17F3N4O3S. The van der Waals surface area contributed by atoms with Gasteiger partial charge >= 0.3 is 6.18 Å². The standard InChI is InChI=1S/C15H17F3N4O3S/c1-9(2)22-7-12(20-8-22)26(24,25)21-14(23)13(19)10-4-3-5-11(6-10)15(16,17)18/h3-9,13H,19H2,1-2H3,(H,21,23). The van der Waals surface area contributed by atoms with Crippen LogP contribution in [-0.4, -0.2) is 23.9 Å². The summed E-state index contributed by atoms with van der Waals surface area (Å²) in [7, 11) is -4.30. The lowest BCUT2D eigenvalue weighted by atomic mass is 10.0. The summed E-state index contributed by atoms with van der Waals surface area (Å²) >= 11 is 0. The van der Waals surface area contributed by atoms with Crippen molar-refractivity contribution in [1.29, 1.82) is 0 Å². The van der Waals surface area contributed by atoms with Crippen LogP contribution in [0.5, 0.6) is 0 Å². The van der Waals surface area contributed by atoms with Crippen LogP contribution in [0, 0.1) is 0 Å². The lowest BCUT2D eigenvalue weighted by Crippen LogP contribution is -2.38. The fraction of sp³-hybridized carbons (Fsp3) is 0.333. The van der Waals surface area contributed by atoms with Gasteiger partial charge in [-0.25, -0.2) is 9.71 Å². The number of rotatable bonds is 5. The van der Waals surface area contributed by atoms with Crippen LogP contribution in [-0.2, 0) is 21.0 Å². The van der Waals surface area contributed by atoms with Crippen LogP contribution in [0.4, 0.5) is 13.2 Å². The second-order valence-electron chi connectivity index (χ2n) is 5.82. The van der Waals surface area contributed by atoms with Crippen molar-refractivity contribution in [3.8, 4) is 0 Å². The Hall–Kier alpha value is -2.40. The number of alkyl halides is 3. The van der Waals surface area contributed by atoms with Crippen molar-refractivity contribution < 1.29 is 26.4 Å². The Balaban J connectivity index is 2.20. The van der Waals surface area contributed by atoms with E-state index >= 15 is 0 Å². The Kier molecular flexibility index (Phi) is 5.42. The second kappa shape index (κ2) is 7.08. The maximum Gasteiger partial charge on any atom is 0.416 e. The van der Waals surface area contributed by atoms with E-state index in [1.54, 1.807) is 18.6 Å². The lowest BCUT2D eigenvalue weighted by Gasteiger charge is -2.14. The molecule has 2 rings (SSSR count). The molecule has 0 radical (unpaired) electrons. The van der Waals surface area contributed by atoms with E-state index in [0.29, 0.717) is 6.07 Å². The number of sulfonamides is 1. The van der Waals surface area contributed by atoms with Crippen LogP contribution in [0.2, 0.25) is 0 Å². The van der Waals surface area contributed by atoms with E-state index in [-0.39, 0.29) is 11.6 Å². The Morgan fingerprint density at radius 3 is 2.50 bits per heavy atom. The molecule has 0 saturated heterocycles. The van der Waals surface area contributed by atoms with E-state index in [1.165, 1.54) is 23.2 Å². The van der Waals surface area contributed by atoms with Crippen LogP contribution >= 0.6 is 0 Å². The highest BCUT2D eigenvalue weighted by Crippen LogP contribution is 2.30. The fourth-order valence-corrected chi connectivity index (χ4v) is 2.99. The predicted molar refractivity (Wildman–Crippen MR) is 86.3 cm³/mol. The topological polar surface area (TPSA) is 107 Å². The van der Waals surface area contributed by atoms with Crippen LogP contribution in [0.3, 0.4) is 0 Å². The molecular weight excluding hydrogens is 373 g/mol. The summed E-state index contributed by atoms with van der Waals surface area (Å²) in [6.45, 7) is 3.61. The van der Waals surface area contributed by atoms with Crippen molar-refractivity contribution in [3.63, 3.8) is 0 Å². The number of hydrogen-bond donors (Lipinski definition) is 2. The summed E-state index contributed by atoms with van der Waals surface area (Å²) in [5, 5.41) is -0.393. The number of benzene rings is 1. The number of nitrogens with zero attached hydrogens (tertiary/aromatic N) is 2. The average molecular weight is 390 g/mol. The average Bonchev–Trinajstić information content (AvgIpc) is 3.04. The molecule has 26 heavy (non-hydrogen) atoms. The molecule has 3 N–H and O–H groups in total. The third kappa shape index (κ3) is 4.41. The first-order chi connectivity index (χ1) is 11.9. The molecule has 1 aromatic heterocycles. The van der Waals surface area contributed by atoms with Gasteiger partial charge in [0, 0.05) is 12.2 Å². The highest BCUT2D eigenvalue weighted by Gasteiger charge is 2.32. The van der Waals surface area contributed by atoms with Gasteiger partial charge in [-0.3, -0.25) is 4.79 Å². The summed E-state index contributed by atoms with van der Waals surface area (Å²) in [5.74, 6) is -1.16. The third-order valence-corrected chi connectivity index (χ3v) is 4.77. The summed E-state index contributed by atoms with van der Waals surface area (Å²) in [5.41, 5.74) is 4.46. The molecule has 1 unspecified atom stereocenters. The van der Waals surface area contributed by atoms with Crippen molar-refractivity contribution in [2.45, 2.75) is 37.1 Å². The summed E-state index contributed by atoms with van der Waals surface area (Å²) in [6.07, 6.45) is -2.09. The van der Waals surface area contributed by atoms with Crippen LogP contribution < -0.4 is 10.5 Å². The molecule has 1 heterocycles. The smallest absolute Gasteiger partial charge is 0.334 e. The highest BCUT2D eigenvalue weighted by molar-refractivity contribution is 7.90. The van der Waals surface area contributed by atoms with Crippen LogP contribution in [0.15, 0.2) is 41.8 Å². The number of amides is 1. The molecule has 1 amide bonds. The first-order valence-electron chi connectivity index (χ1n) is 7.44. The molecule has 0 spiro atoms. The first-order valence-corrected chi connectivity index (χ1v) is 8.93. The SMILES string of the molecule is CC(C)n1cnc(S(=O)(=O)NC(=O)C(N)c2cccc(C(F)(F)F)c2)c1. The Bertz CT molecular complexity index is 907. The maximum absolute atomic E-state index is 12.7. The minimum Gasteiger partial charge on any atom is -0.334 e. The van der Waals surface area contributed by atoms with E-state index in [0.717, 1.165) is 12.1 Å². The molecule has 0 aliphatic heterocycles. The number of aromatic nitrogens is 2. The van der Waals surface area contributed by atoms with Gasteiger partial charge in [0.1, 0.15) is 6.04 Å². The molecule has 0 saturated carbocycles. The molecule has 2 aromatic rings. The zero-order valence-corrected chi connectivity index (χ0v) is 14.7. The van der Waals surface area contributed by atoms with Crippen molar-refractivity contribution >= 4 is 15.9 Å². The molecule has 0 bridgehead atoms. The van der Waals surface area contributed by atoms with E-state index in [1.807, 2.05) is 0 Å². The first kappa shape index (κ1) is 19.9. The van der Waals surface area contributed by atoms with Gasteiger partial charge in [-0.2, -0.15) is 21.6 Å². The Morgan fingerprint density at radius 1 is 1.31 bits per heavy atom. The van der Waals surface area contributed by atoms with Crippen molar-refractivity contribution in [3.05, 3.63) is 47.9 Å². The quantitative estimate of drug-likeness (QED) is 0.812. The number of halogens is 3. The number of carbonyl (C=O) groups excluding carboxylic acids is 1. The largest absolute Gasteiger partial charge is 0.416 e. The number of carbonyl (C=O) groups is 1. The van der Waals surface area contributed by atoms with Gasteiger partial charge in [0.05, 0.1) is 11.9 Å². The minimum atomic E-state index is -4.61. The summed E-state index contributed by atoms with van der Waals surface area (Å²) < 4.78 is 65.9. The molecule has 7 nitrogen and oxygen atoms in total. The monoisotopic (exact) mass is 390 g/mol. The highest BCUT2D eigenvalue weighted by atomic mass is 32.2. The molecule has 1 aromatic carbocycles. The van der Waals surface area contributed by atoms with Crippen LogP contribution in [0.25, 0.3) is 0 Å². The second-order valence-corrected chi connectivity index (χ2v) is 7.45.